The Kier molecular flexibility index (Phi) is 7.46. The van der Waals surface area contributed by atoms with E-state index in [2.05, 4.69) is 15.7 Å². The Bertz CT molecular complexity index is 580. The molecule has 2 aliphatic rings. The lowest BCUT2D eigenvalue weighted by Gasteiger charge is -2.37. The molecule has 1 aliphatic carbocycles. The number of nitrogens with zero attached hydrogens (tertiary/aromatic N) is 3. The van der Waals surface area contributed by atoms with Crippen LogP contribution < -0.4 is 10.6 Å². The second-order valence-electron chi connectivity index (χ2n) is 7.21. The predicted molar refractivity (Wildman–Crippen MR) is 102 cm³/mol. The van der Waals surface area contributed by atoms with E-state index in [9.17, 15) is 9.59 Å². The minimum absolute atomic E-state index is 0. The summed E-state index contributed by atoms with van der Waals surface area (Å²) in [6.45, 7) is 1.59. The Hall–Kier alpha value is -1.60. The Labute approximate surface area is 161 Å². The third kappa shape index (κ3) is 4.38. The van der Waals surface area contributed by atoms with Gasteiger partial charge in [0.05, 0.1) is 6.54 Å². The molecule has 0 unspecified atom stereocenters. The molecule has 146 valence electrons. The average molecular weight is 384 g/mol. The fourth-order valence-corrected chi connectivity index (χ4v) is 4.04. The molecule has 2 fully saturated rings. The first kappa shape index (κ1) is 20.7. The van der Waals surface area contributed by atoms with Gasteiger partial charge in [-0.25, -0.2) is 0 Å². The number of likely N-dealkylation sites (N-methyl/N-ethyl adjacent to an activating group) is 1. The van der Waals surface area contributed by atoms with Crippen LogP contribution >= 0.6 is 12.4 Å². The van der Waals surface area contributed by atoms with E-state index in [0.29, 0.717) is 18.9 Å². The first-order valence-corrected chi connectivity index (χ1v) is 9.38. The highest BCUT2D eigenvalue weighted by Gasteiger charge is 2.42. The van der Waals surface area contributed by atoms with Gasteiger partial charge in [0.25, 0.3) is 0 Å². The van der Waals surface area contributed by atoms with Gasteiger partial charge in [-0.3, -0.25) is 14.3 Å². The number of rotatable bonds is 5. The lowest BCUT2D eigenvalue weighted by Crippen LogP contribution is -2.56. The lowest BCUT2D eigenvalue weighted by molar-refractivity contribution is -0.137. The third-order valence-electron chi connectivity index (χ3n) is 5.71. The van der Waals surface area contributed by atoms with Crippen molar-refractivity contribution in [2.24, 2.45) is 0 Å². The third-order valence-corrected chi connectivity index (χ3v) is 5.71. The molecular formula is C18H30ClN5O2. The minimum atomic E-state index is -0.696. The van der Waals surface area contributed by atoms with Crippen molar-refractivity contribution in [2.45, 2.75) is 56.5 Å². The molecule has 1 saturated carbocycles. The van der Waals surface area contributed by atoms with E-state index >= 15 is 0 Å². The van der Waals surface area contributed by atoms with Crippen molar-refractivity contribution in [3.05, 3.63) is 18.5 Å². The van der Waals surface area contributed by atoms with Gasteiger partial charge in [-0.2, -0.15) is 5.10 Å². The van der Waals surface area contributed by atoms with Gasteiger partial charge in [0.2, 0.25) is 11.8 Å². The highest BCUT2D eigenvalue weighted by Crippen LogP contribution is 2.27. The first-order valence-electron chi connectivity index (χ1n) is 9.38. The van der Waals surface area contributed by atoms with Crippen molar-refractivity contribution in [3.8, 4) is 0 Å². The highest BCUT2D eigenvalue weighted by molar-refractivity contribution is 5.89. The average Bonchev–Trinajstić information content (AvgIpc) is 3.21. The fraction of sp³-hybridized carbons (Fsp3) is 0.722. The van der Waals surface area contributed by atoms with E-state index in [0.717, 1.165) is 25.9 Å². The van der Waals surface area contributed by atoms with Gasteiger partial charge < -0.3 is 15.5 Å². The van der Waals surface area contributed by atoms with Crippen molar-refractivity contribution in [1.82, 2.24) is 25.3 Å². The van der Waals surface area contributed by atoms with Gasteiger partial charge in [0, 0.05) is 25.5 Å². The molecule has 0 bridgehead atoms. The van der Waals surface area contributed by atoms with Crippen LogP contribution in [-0.2, 0) is 15.1 Å². The zero-order valence-corrected chi connectivity index (χ0v) is 16.3. The zero-order chi connectivity index (χ0) is 17.7. The smallest absolute Gasteiger partial charge is 0.248 e. The van der Waals surface area contributed by atoms with Gasteiger partial charge >= 0.3 is 0 Å². The summed E-state index contributed by atoms with van der Waals surface area (Å²) in [5.74, 6) is -0.118. The largest absolute Gasteiger partial charge is 0.345 e. The van der Waals surface area contributed by atoms with Crippen LogP contribution in [0.3, 0.4) is 0 Å². The molecule has 0 spiro atoms. The maximum Gasteiger partial charge on any atom is 0.248 e. The molecule has 7 nitrogen and oxygen atoms in total. The van der Waals surface area contributed by atoms with Crippen molar-refractivity contribution < 1.29 is 9.59 Å². The summed E-state index contributed by atoms with van der Waals surface area (Å²) >= 11 is 0. The van der Waals surface area contributed by atoms with Crippen molar-refractivity contribution in [1.29, 1.82) is 0 Å². The number of hydrogen-bond donors (Lipinski definition) is 2. The van der Waals surface area contributed by atoms with Crippen LogP contribution in [0.15, 0.2) is 18.5 Å². The van der Waals surface area contributed by atoms with E-state index < -0.39 is 5.54 Å². The summed E-state index contributed by atoms with van der Waals surface area (Å²) in [4.78, 5) is 27.3. The molecule has 1 aromatic heterocycles. The second kappa shape index (κ2) is 9.37. The number of carbonyl (C=O) groups excluding carboxylic acids is 2. The maximum atomic E-state index is 13.0. The molecule has 0 radical (unpaired) electrons. The Morgan fingerprint density at radius 3 is 2.58 bits per heavy atom. The van der Waals surface area contributed by atoms with Crippen LogP contribution in [0.25, 0.3) is 0 Å². The second-order valence-corrected chi connectivity index (χ2v) is 7.21. The maximum absolute atomic E-state index is 13.0. The number of amides is 2. The van der Waals surface area contributed by atoms with Crippen LogP contribution in [0.2, 0.25) is 0 Å². The van der Waals surface area contributed by atoms with Crippen LogP contribution in [0, 0.1) is 0 Å². The molecule has 2 N–H and O–H groups in total. The predicted octanol–water partition coefficient (Wildman–Crippen LogP) is 1.29. The van der Waals surface area contributed by atoms with Crippen LogP contribution in [0.4, 0.5) is 0 Å². The number of carbonyl (C=O) groups is 2. The number of piperidine rings is 1. The van der Waals surface area contributed by atoms with Crippen molar-refractivity contribution in [3.63, 3.8) is 0 Å². The van der Waals surface area contributed by atoms with E-state index in [1.54, 1.807) is 10.9 Å². The molecule has 1 aromatic rings. The number of aromatic nitrogens is 2. The van der Waals surface area contributed by atoms with Crippen LogP contribution in [0.1, 0.15) is 44.9 Å². The zero-order valence-electron chi connectivity index (χ0n) is 15.4. The number of hydrogen-bond acceptors (Lipinski definition) is 4. The first-order chi connectivity index (χ1) is 12.1. The SMILES string of the molecule is CN(C(=O)CNC(=O)C1(n2cccn2)CCNCC1)C1CCCCC1.Cl. The van der Waals surface area contributed by atoms with E-state index in [4.69, 9.17) is 0 Å². The van der Waals surface area contributed by atoms with Crippen molar-refractivity contribution in [2.75, 3.05) is 26.7 Å². The van der Waals surface area contributed by atoms with E-state index in [1.807, 2.05) is 24.2 Å². The lowest BCUT2D eigenvalue weighted by atomic mass is 9.87. The summed E-state index contributed by atoms with van der Waals surface area (Å²) in [6.07, 6.45) is 10.6. The molecule has 26 heavy (non-hydrogen) atoms. The molecule has 1 aliphatic heterocycles. The molecule has 0 aromatic carbocycles. The normalized spacial score (nSPS) is 20.0. The van der Waals surface area contributed by atoms with Gasteiger partial charge in [0.1, 0.15) is 5.54 Å². The van der Waals surface area contributed by atoms with Crippen LogP contribution in [-0.4, -0.2) is 59.2 Å². The van der Waals surface area contributed by atoms with Gasteiger partial charge in [-0.15, -0.1) is 12.4 Å². The Balaban J connectivity index is 0.00000243. The summed E-state index contributed by atoms with van der Waals surface area (Å²) in [7, 11) is 1.86. The summed E-state index contributed by atoms with van der Waals surface area (Å²) in [6, 6.07) is 2.15. The molecule has 1 saturated heterocycles. The van der Waals surface area contributed by atoms with Gasteiger partial charge in [-0.05, 0) is 44.8 Å². The van der Waals surface area contributed by atoms with Crippen molar-refractivity contribution >= 4 is 24.2 Å². The summed E-state index contributed by atoms with van der Waals surface area (Å²) < 4.78 is 1.75. The van der Waals surface area contributed by atoms with E-state index in [1.165, 1.54) is 19.3 Å². The van der Waals surface area contributed by atoms with Gasteiger partial charge in [-0.1, -0.05) is 19.3 Å². The Morgan fingerprint density at radius 1 is 1.27 bits per heavy atom. The molecule has 0 atom stereocenters. The number of halogens is 1. The summed E-state index contributed by atoms with van der Waals surface area (Å²) in [5.41, 5.74) is -0.696. The molecule has 2 heterocycles. The topological polar surface area (TPSA) is 79.3 Å². The summed E-state index contributed by atoms with van der Waals surface area (Å²) in [5, 5.41) is 10.5. The molecule has 3 rings (SSSR count). The monoisotopic (exact) mass is 383 g/mol. The fourth-order valence-electron chi connectivity index (χ4n) is 4.04. The minimum Gasteiger partial charge on any atom is -0.345 e. The number of nitrogens with one attached hydrogen (secondary N) is 2. The standard InChI is InChI=1S/C18H29N5O2.ClH/c1-22(15-6-3-2-4-7-15)16(24)14-20-17(25)18(8-11-19-12-9-18)23-13-5-10-21-23;/h5,10,13,15,19H,2-4,6-9,11-12,14H2,1H3,(H,20,25);1H. The van der Waals surface area contributed by atoms with Crippen LogP contribution in [0.5, 0.6) is 0 Å². The molecule has 2 amide bonds. The molecular weight excluding hydrogens is 354 g/mol. The Morgan fingerprint density at radius 2 is 1.96 bits per heavy atom. The highest BCUT2D eigenvalue weighted by atomic mass is 35.5. The quantitative estimate of drug-likeness (QED) is 0.803. The van der Waals surface area contributed by atoms with E-state index in [-0.39, 0.29) is 30.8 Å². The van der Waals surface area contributed by atoms with Gasteiger partial charge in [0.15, 0.2) is 0 Å². The molecule has 8 heteroatoms.